The van der Waals surface area contributed by atoms with Gasteiger partial charge >= 0.3 is 5.97 Å². The number of nitrogens with zero attached hydrogens (tertiary/aromatic N) is 3. The molecule has 3 heterocycles. The van der Waals surface area contributed by atoms with Gasteiger partial charge < -0.3 is 19.5 Å². The molecule has 212 valence electrons. The fourth-order valence-electron chi connectivity index (χ4n) is 7.11. The van der Waals surface area contributed by atoms with Crippen molar-refractivity contribution >= 4 is 34.5 Å². The third-order valence-electron chi connectivity index (χ3n) is 9.43. The molecule has 1 aromatic carbocycles. The van der Waals surface area contributed by atoms with Crippen LogP contribution in [0.25, 0.3) is 27.3 Å². The van der Waals surface area contributed by atoms with E-state index in [0.29, 0.717) is 37.3 Å². The van der Waals surface area contributed by atoms with E-state index in [0.717, 1.165) is 59.4 Å². The number of fused-ring (bicyclic) bond motifs is 5. The molecule has 0 bridgehead atoms. The molecule has 2 saturated carbocycles. The highest BCUT2D eigenvalue weighted by Gasteiger charge is 2.37. The summed E-state index contributed by atoms with van der Waals surface area (Å²) in [4.78, 5) is 34.5. The summed E-state index contributed by atoms with van der Waals surface area (Å²) in [5.41, 5.74) is 6.89. The van der Waals surface area contributed by atoms with Gasteiger partial charge in [-0.15, -0.1) is 11.3 Å². The van der Waals surface area contributed by atoms with Gasteiger partial charge in [0.25, 0.3) is 0 Å². The minimum atomic E-state index is -1.00. The van der Waals surface area contributed by atoms with Crippen LogP contribution in [0, 0.1) is 11.8 Å². The molecule has 3 aromatic heterocycles. The number of benzene rings is 1. The van der Waals surface area contributed by atoms with Crippen LogP contribution >= 0.6 is 11.3 Å². The van der Waals surface area contributed by atoms with Crippen molar-refractivity contribution in [3.63, 3.8) is 0 Å². The number of carboxylic acid groups (broad SMARTS) is 1. The molecule has 8 heteroatoms. The molecule has 7 rings (SSSR count). The van der Waals surface area contributed by atoms with E-state index in [4.69, 9.17) is 4.98 Å². The van der Waals surface area contributed by atoms with E-state index in [9.17, 15) is 19.8 Å². The van der Waals surface area contributed by atoms with Crippen molar-refractivity contribution in [3.05, 3.63) is 64.8 Å². The van der Waals surface area contributed by atoms with Gasteiger partial charge in [0, 0.05) is 35.0 Å². The second kappa shape index (κ2) is 10.4. The number of imidazole rings is 1. The Kier molecular flexibility index (Phi) is 6.70. The molecule has 0 atom stereocenters. The van der Waals surface area contributed by atoms with Crippen molar-refractivity contribution in [1.82, 2.24) is 9.38 Å². The average molecular weight is 570 g/mol. The summed E-state index contributed by atoms with van der Waals surface area (Å²) in [6, 6.07) is 14.1. The summed E-state index contributed by atoms with van der Waals surface area (Å²) in [5.74, 6) is -0.413. The Labute approximate surface area is 243 Å². The van der Waals surface area contributed by atoms with Crippen molar-refractivity contribution in [2.24, 2.45) is 11.8 Å². The minimum absolute atomic E-state index is 0.0528. The molecule has 7 nitrogen and oxygen atoms in total. The highest BCUT2D eigenvalue weighted by atomic mass is 32.1. The maximum Gasteiger partial charge on any atom is 0.348 e. The summed E-state index contributed by atoms with van der Waals surface area (Å²) >= 11 is 1.25. The van der Waals surface area contributed by atoms with Gasteiger partial charge in [-0.3, -0.25) is 4.79 Å². The van der Waals surface area contributed by atoms with Crippen LogP contribution in [-0.4, -0.2) is 43.6 Å². The van der Waals surface area contributed by atoms with Crippen molar-refractivity contribution in [2.45, 2.75) is 76.9 Å². The fraction of sp³-hybridized carbons (Fsp3) is 0.424. The van der Waals surface area contributed by atoms with Gasteiger partial charge in [-0.25, -0.2) is 9.78 Å². The van der Waals surface area contributed by atoms with E-state index in [1.165, 1.54) is 22.6 Å². The lowest BCUT2D eigenvalue weighted by molar-refractivity contribution is -0.124. The molecule has 3 aliphatic carbocycles. The Morgan fingerprint density at radius 3 is 2.54 bits per heavy atom. The number of hydrogen-bond acceptors (Lipinski definition) is 5. The van der Waals surface area contributed by atoms with Gasteiger partial charge in [0.2, 0.25) is 5.91 Å². The van der Waals surface area contributed by atoms with Gasteiger partial charge in [0.1, 0.15) is 10.5 Å². The van der Waals surface area contributed by atoms with Gasteiger partial charge in [-0.1, -0.05) is 25.1 Å². The number of hydrogen-bond donors (Lipinski definition) is 2. The van der Waals surface area contributed by atoms with Crippen molar-refractivity contribution in [3.8, 4) is 21.7 Å². The van der Waals surface area contributed by atoms with Gasteiger partial charge in [0.05, 0.1) is 23.2 Å². The van der Waals surface area contributed by atoms with E-state index in [1.807, 2.05) is 41.4 Å². The first kappa shape index (κ1) is 26.4. The van der Waals surface area contributed by atoms with Crippen molar-refractivity contribution in [1.29, 1.82) is 0 Å². The third-order valence-corrected chi connectivity index (χ3v) is 10.6. The first-order chi connectivity index (χ1) is 19.9. The molecule has 0 unspecified atom stereocenters. The lowest BCUT2D eigenvalue weighted by atomic mass is 9.81. The van der Waals surface area contributed by atoms with Crippen LogP contribution in [-0.2, 0) is 11.2 Å². The number of aliphatic hydroxyl groups is 1. The zero-order valence-electron chi connectivity index (χ0n) is 23.3. The quantitative estimate of drug-likeness (QED) is 0.243. The molecule has 0 aliphatic heterocycles. The first-order valence-electron chi connectivity index (χ1n) is 14.8. The number of aliphatic hydroxyl groups excluding tert-OH is 1. The van der Waals surface area contributed by atoms with Crippen molar-refractivity contribution in [2.75, 3.05) is 4.90 Å². The topological polar surface area (TPSA) is 95.1 Å². The van der Waals surface area contributed by atoms with Crippen LogP contribution in [0.2, 0.25) is 0 Å². The number of anilines is 1. The maximum absolute atomic E-state index is 14.1. The second-order valence-electron chi connectivity index (χ2n) is 12.1. The van der Waals surface area contributed by atoms with Gasteiger partial charge in [0.15, 0.2) is 0 Å². The predicted octanol–water partition coefficient (Wildman–Crippen LogP) is 6.80. The standard InChI is InChI=1S/C33H35N3O4S/c1-19-5-7-20(8-6-19)32(38)36(23-10-12-24(37)13-11-23)27-18-28(41-31(27)33(39)40)21-9-14-25-22(16-21)17-26-30(25)34-29-4-2-3-15-35(26)29/h2-4,9,14-16,18-20,23-24,37H,5-8,10-13,17H2,1H3,(H,39,40). The molecule has 41 heavy (non-hydrogen) atoms. The normalized spacial score (nSPS) is 23.8. The summed E-state index contributed by atoms with van der Waals surface area (Å²) in [6.07, 6.45) is 8.82. The molecule has 0 spiro atoms. The smallest absolute Gasteiger partial charge is 0.348 e. The Morgan fingerprint density at radius 1 is 1.00 bits per heavy atom. The first-order valence-corrected chi connectivity index (χ1v) is 15.7. The van der Waals surface area contributed by atoms with Gasteiger partial charge in [-0.05, 0) is 92.7 Å². The van der Waals surface area contributed by atoms with E-state index in [-0.39, 0.29) is 28.8 Å². The summed E-state index contributed by atoms with van der Waals surface area (Å²) in [5, 5.41) is 20.5. The Bertz CT molecular complexity index is 1640. The lowest BCUT2D eigenvalue weighted by Gasteiger charge is -2.38. The lowest BCUT2D eigenvalue weighted by Crippen LogP contribution is -2.47. The maximum atomic E-state index is 14.1. The largest absolute Gasteiger partial charge is 0.477 e. The number of rotatable bonds is 5. The summed E-state index contributed by atoms with van der Waals surface area (Å²) < 4.78 is 2.14. The molecule has 4 aromatic rings. The van der Waals surface area contributed by atoms with Crippen LogP contribution in [0.4, 0.5) is 5.69 Å². The number of thiophene rings is 1. The zero-order valence-corrected chi connectivity index (χ0v) is 24.1. The molecule has 3 aliphatic rings. The van der Waals surface area contributed by atoms with Crippen LogP contribution < -0.4 is 4.90 Å². The van der Waals surface area contributed by atoms with Crippen LogP contribution in [0.5, 0.6) is 0 Å². The molecule has 1 amide bonds. The molecular weight excluding hydrogens is 534 g/mol. The van der Waals surface area contributed by atoms with E-state index >= 15 is 0 Å². The number of aromatic nitrogens is 2. The minimum Gasteiger partial charge on any atom is -0.477 e. The predicted molar refractivity (Wildman–Crippen MR) is 161 cm³/mol. The Hall–Kier alpha value is -3.49. The zero-order chi connectivity index (χ0) is 28.2. The summed E-state index contributed by atoms with van der Waals surface area (Å²) in [6.45, 7) is 2.24. The second-order valence-corrected chi connectivity index (χ2v) is 13.2. The fourth-order valence-corrected chi connectivity index (χ4v) is 8.09. The number of carboxylic acids is 1. The number of aromatic carboxylic acids is 1. The molecule has 0 radical (unpaired) electrons. The SMILES string of the molecule is CC1CCC(C(=O)N(c2cc(-c3ccc4c(c3)Cc3c-4nc4ccccn34)sc2C(=O)O)C2CCC(O)CC2)CC1. The Balaban J connectivity index is 1.26. The van der Waals surface area contributed by atoms with E-state index < -0.39 is 5.97 Å². The third kappa shape index (κ3) is 4.67. The summed E-state index contributed by atoms with van der Waals surface area (Å²) in [7, 11) is 0. The Morgan fingerprint density at radius 2 is 1.78 bits per heavy atom. The molecule has 2 fully saturated rings. The van der Waals surface area contributed by atoms with Crippen molar-refractivity contribution < 1.29 is 19.8 Å². The monoisotopic (exact) mass is 569 g/mol. The molecule has 0 saturated heterocycles. The average Bonchev–Trinajstić information content (AvgIpc) is 3.67. The highest BCUT2D eigenvalue weighted by molar-refractivity contribution is 7.18. The van der Waals surface area contributed by atoms with Crippen LogP contribution in [0.15, 0.2) is 48.7 Å². The molecule has 2 N–H and O–H groups in total. The highest BCUT2D eigenvalue weighted by Crippen LogP contribution is 2.44. The van der Waals surface area contributed by atoms with E-state index in [2.05, 4.69) is 23.5 Å². The van der Waals surface area contributed by atoms with Crippen LogP contribution in [0.1, 0.15) is 79.2 Å². The number of amides is 1. The number of pyridine rings is 1. The number of carbonyl (C=O) groups excluding carboxylic acids is 1. The van der Waals surface area contributed by atoms with Crippen LogP contribution in [0.3, 0.4) is 0 Å². The van der Waals surface area contributed by atoms with E-state index in [1.54, 1.807) is 0 Å². The molecular formula is C33H35N3O4S. The van der Waals surface area contributed by atoms with Gasteiger partial charge in [-0.2, -0.15) is 0 Å². The number of carbonyl (C=O) groups is 2.